The van der Waals surface area contributed by atoms with Crippen LogP contribution in [0.15, 0.2) is 12.2 Å². The number of nitrogens with one attached hydrogen (secondary N) is 2. The van der Waals surface area contributed by atoms with Crippen LogP contribution in [-0.4, -0.2) is 315 Å². The van der Waals surface area contributed by atoms with E-state index in [1.165, 1.54) is 51.0 Å². The molecule has 88 heavy (non-hydrogen) atoms. The summed E-state index contributed by atoms with van der Waals surface area (Å²) in [4.78, 5) is 38.9. The molecule has 0 spiro atoms. The van der Waals surface area contributed by atoms with Gasteiger partial charge in [-0.1, -0.05) is 83.3 Å². The van der Waals surface area contributed by atoms with E-state index in [-0.39, 0.29) is 0 Å². The van der Waals surface area contributed by atoms with Crippen molar-refractivity contribution >= 4 is 17.8 Å². The molecular formula is C55H97N3O30. The molecule has 5 heterocycles. The zero-order chi connectivity index (χ0) is 65.2. The van der Waals surface area contributed by atoms with Crippen LogP contribution in [0, 0.1) is 0 Å². The fraction of sp³-hybridized carbons (Fsp3) is 0.909. The van der Waals surface area contributed by atoms with Crippen LogP contribution in [0.3, 0.4) is 0 Å². The molecule has 512 valence electrons. The van der Waals surface area contributed by atoms with Gasteiger partial charge in [-0.25, -0.2) is 4.79 Å². The smallest absolute Gasteiger partial charge is 0.364 e. The van der Waals surface area contributed by atoms with Crippen molar-refractivity contribution in [1.29, 1.82) is 0 Å². The Morgan fingerprint density at radius 1 is 0.580 bits per heavy atom. The topological polar surface area (TPSA) is 538 Å². The van der Waals surface area contributed by atoms with Gasteiger partial charge in [0.2, 0.25) is 11.8 Å². The minimum Gasteiger partial charge on any atom is -0.477 e. The van der Waals surface area contributed by atoms with Crippen LogP contribution in [0.5, 0.6) is 0 Å². The summed E-state index contributed by atoms with van der Waals surface area (Å²) in [6, 6.07) is -4.71. The molecule has 5 aliphatic heterocycles. The number of carbonyl (C=O) groups is 3. The number of hydrogen-bond acceptors (Lipinski definition) is 30. The predicted molar refractivity (Wildman–Crippen MR) is 295 cm³/mol. The first kappa shape index (κ1) is 75.8. The van der Waals surface area contributed by atoms with Crippen LogP contribution in [0.4, 0.5) is 0 Å². The highest BCUT2D eigenvalue weighted by molar-refractivity contribution is 5.76. The lowest BCUT2D eigenvalue weighted by Crippen LogP contribution is -2.72. The number of hydrogen-bond donors (Lipinski definition) is 20. The van der Waals surface area contributed by atoms with E-state index in [1.54, 1.807) is 6.08 Å². The molecule has 0 aromatic heterocycles. The van der Waals surface area contributed by atoms with E-state index in [0.717, 1.165) is 39.5 Å². The van der Waals surface area contributed by atoms with Gasteiger partial charge < -0.3 is 151 Å². The van der Waals surface area contributed by atoms with Gasteiger partial charge in [0.15, 0.2) is 25.2 Å². The third-order valence-corrected chi connectivity index (χ3v) is 16.3. The lowest BCUT2D eigenvalue weighted by molar-refractivity contribution is -0.403. The van der Waals surface area contributed by atoms with Gasteiger partial charge in [-0.05, 0) is 12.8 Å². The average molecular weight is 1280 g/mol. The molecule has 28 atom stereocenters. The number of amides is 2. The number of ether oxygens (including phenoxy) is 10. The second-order valence-electron chi connectivity index (χ2n) is 23.1. The van der Waals surface area contributed by atoms with Gasteiger partial charge in [0.05, 0.1) is 63.9 Å². The van der Waals surface area contributed by atoms with E-state index in [9.17, 15) is 101 Å². The number of allylic oxidation sites excluding steroid dienone is 1. The summed E-state index contributed by atoms with van der Waals surface area (Å²) >= 11 is 0. The number of aliphatic carboxylic acids is 1. The van der Waals surface area contributed by atoms with Crippen LogP contribution in [0.25, 0.3) is 0 Å². The number of aliphatic hydroxyl groups excluding tert-OH is 16. The highest BCUT2D eigenvalue weighted by Gasteiger charge is 2.62. The van der Waals surface area contributed by atoms with Crippen LogP contribution in [0.2, 0.25) is 0 Å². The molecular weight excluding hydrogens is 1180 g/mol. The van der Waals surface area contributed by atoms with Gasteiger partial charge in [0.1, 0.15) is 116 Å². The number of aliphatic hydroxyl groups is 16. The van der Waals surface area contributed by atoms with E-state index in [4.69, 9.17) is 53.1 Å². The molecule has 0 saturated carbocycles. The molecule has 0 aliphatic carbocycles. The molecule has 5 rings (SSSR count). The molecule has 0 aromatic carbocycles. The monoisotopic (exact) mass is 1280 g/mol. The van der Waals surface area contributed by atoms with Crippen molar-refractivity contribution < 1.29 is 149 Å². The summed E-state index contributed by atoms with van der Waals surface area (Å²) in [5.41, 5.74) is 6.20. The lowest BCUT2D eigenvalue weighted by atomic mass is 9.88. The zero-order valence-electron chi connectivity index (χ0n) is 49.7. The summed E-state index contributed by atoms with van der Waals surface area (Å²) in [5, 5.41) is 190. The Morgan fingerprint density at radius 3 is 1.64 bits per heavy atom. The Kier molecular flexibility index (Phi) is 31.4. The first-order valence-corrected chi connectivity index (χ1v) is 30.1. The highest BCUT2D eigenvalue weighted by Crippen LogP contribution is 2.41. The molecule has 33 heteroatoms. The third-order valence-electron chi connectivity index (χ3n) is 16.3. The first-order chi connectivity index (χ1) is 41.8. The number of carboxylic acids is 1. The summed E-state index contributed by atoms with van der Waals surface area (Å²) in [5.74, 6) is -7.28. The minimum absolute atomic E-state index is 0.457. The van der Waals surface area contributed by atoms with Gasteiger partial charge in [0.25, 0.3) is 5.79 Å². The molecule has 5 aliphatic rings. The summed E-state index contributed by atoms with van der Waals surface area (Å²) in [6.07, 6.45) is -32.9. The molecule has 10 unspecified atom stereocenters. The number of carbonyl (C=O) groups excluding carboxylic acids is 2. The second-order valence-corrected chi connectivity index (χ2v) is 23.1. The fourth-order valence-corrected chi connectivity index (χ4v) is 11.3. The molecule has 5 saturated heterocycles. The Morgan fingerprint density at radius 2 is 1.07 bits per heavy atom. The van der Waals surface area contributed by atoms with Crippen molar-refractivity contribution in [3.63, 3.8) is 0 Å². The van der Waals surface area contributed by atoms with Crippen molar-refractivity contribution in [2.75, 3.05) is 39.6 Å². The summed E-state index contributed by atoms with van der Waals surface area (Å²) in [6.45, 7) is -1.77. The maximum Gasteiger partial charge on any atom is 0.364 e. The van der Waals surface area contributed by atoms with Crippen molar-refractivity contribution in [1.82, 2.24) is 10.6 Å². The van der Waals surface area contributed by atoms with Gasteiger partial charge in [0, 0.05) is 20.3 Å². The van der Waals surface area contributed by atoms with E-state index in [1.807, 2.05) is 0 Å². The second kappa shape index (κ2) is 36.5. The van der Waals surface area contributed by atoms with Crippen LogP contribution in [0.1, 0.15) is 104 Å². The maximum atomic E-state index is 13.6. The highest BCUT2D eigenvalue weighted by atomic mass is 16.8. The Labute approximate surface area is 508 Å². The molecule has 2 amide bonds. The maximum absolute atomic E-state index is 13.6. The number of nitrogens with two attached hydrogens (primary N) is 1. The quantitative estimate of drug-likeness (QED) is 0.0207. The number of rotatable bonds is 35. The molecule has 0 aromatic rings. The van der Waals surface area contributed by atoms with Gasteiger partial charge in [-0.2, -0.15) is 0 Å². The number of carboxylic acid groups (broad SMARTS) is 1. The number of unbranched alkanes of at least 4 members (excludes halogenated alkanes) is 11. The fourth-order valence-electron chi connectivity index (χ4n) is 11.3. The molecule has 33 nitrogen and oxygen atoms in total. The van der Waals surface area contributed by atoms with Crippen LogP contribution < -0.4 is 16.4 Å². The molecule has 5 fully saturated rings. The van der Waals surface area contributed by atoms with Crippen LogP contribution >= 0.6 is 0 Å². The Bertz CT molecular complexity index is 2090. The summed E-state index contributed by atoms with van der Waals surface area (Å²) in [7, 11) is 0. The van der Waals surface area contributed by atoms with Crippen LogP contribution in [-0.2, 0) is 61.8 Å². The largest absolute Gasteiger partial charge is 0.477 e. The van der Waals surface area contributed by atoms with Gasteiger partial charge in [-0.3, -0.25) is 9.59 Å². The van der Waals surface area contributed by atoms with Gasteiger partial charge >= 0.3 is 5.97 Å². The van der Waals surface area contributed by atoms with Crippen molar-refractivity contribution in [2.45, 2.75) is 275 Å². The Balaban J connectivity index is 1.42. The molecule has 0 bridgehead atoms. The van der Waals surface area contributed by atoms with Crippen molar-refractivity contribution in [3.8, 4) is 0 Å². The van der Waals surface area contributed by atoms with E-state index < -0.39 is 235 Å². The normalized spacial score (nSPS) is 39.6. The third kappa shape index (κ3) is 19.8. The molecule has 21 N–H and O–H groups in total. The zero-order valence-corrected chi connectivity index (χ0v) is 49.7. The molecule has 0 radical (unpaired) electrons. The van der Waals surface area contributed by atoms with E-state index in [2.05, 4.69) is 17.6 Å². The average Bonchev–Trinajstić information content (AvgIpc) is 1.10. The van der Waals surface area contributed by atoms with Crippen molar-refractivity contribution in [2.24, 2.45) is 5.73 Å². The predicted octanol–water partition coefficient (Wildman–Crippen LogP) is -7.46. The first-order valence-electron chi connectivity index (χ1n) is 30.1. The summed E-state index contributed by atoms with van der Waals surface area (Å²) < 4.78 is 58.9. The lowest BCUT2D eigenvalue weighted by Gasteiger charge is -2.52. The van der Waals surface area contributed by atoms with Crippen molar-refractivity contribution in [3.05, 3.63) is 12.2 Å². The minimum atomic E-state index is -3.36. The van der Waals surface area contributed by atoms with Gasteiger partial charge in [-0.15, -0.1) is 0 Å². The standard InChI is InChI=1S/C55H97N3O30/c1-4-5-6-7-8-9-10-11-12-13-14-15-16-17-28(66)27(56)24-79-51-43(75)41(73)45(33(22-62)82-51)84-53-44(76)49(88-55(54(77)78)18-29(67)35(57-25(2)64)48(87-55)37(69)30(68)19-59)46(34(23-63)83-53)85-50-36(58-26(3)65)47(39(71)32(21-61)80-50)86-52-42(74)40(72)38(70)31(20-60)81-52/h16-17,27-53,59-63,66-76H,4-15,18-24,56H2,1-3H3,(H,57,64)(H,58,65)(H,77,78)/b17-16+/t27-,28+,29?,30+,31?,32?,33?,34?,35+,36-,37+,38-,39-,40?,41+,42-,43?,44-,45+,46-,47?,48?,49?,50-,51+,52-,53-,55-/m0/s1. The van der Waals surface area contributed by atoms with E-state index in [0.29, 0.717) is 6.42 Å². The SMILES string of the molecule is CCCCCCCCCCCCC/C=C/[C@@H](O)[C@@H](N)CO[C@@H]1OC(CO)[C@@H](O[C@@H]2OC(CO)[C@H](O[C@@H]3OC(CO)[C@H](O)C(O[C@@H]4OC(CO)[C@H](O)C(O)[C@@H]4O)[C@@H]3NC(C)=O)C(O[C@]3(C(=O)O)CC(O)[C@@H](NC(C)=O)C([C@H](O)[C@H](O)CO)O3)[C@@H]2O)[C@H](O)C1O. The van der Waals surface area contributed by atoms with E-state index >= 15 is 0 Å². The Hall–Kier alpha value is -2.93.